The van der Waals surface area contributed by atoms with Gasteiger partial charge in [0.2, 0.25) is 0 Å². The fourth-order valence-electron chi connectivity index (χ4n) is 2.63. The van der Waals surface area contributed by atoms with Gasteiger partial charge in [0.05, 0.1) is 5.69 Å². The summed E-state index contributed by atoms with van der Waals surface area (Å²) in [6.45, 7) is 8.90. The minimum atomic E-state index is -0.388. The number of benzene rings is 1. The van der Waals surface area contributed by atoms with Crippen LogP contribution < -0.4 is 15.8 Å². The minimum Gasteiger partial charge on any atom is -0.375 e. The van der Waals surface area contributed by atoms with Crippen LogP contribution >= 0.6 is 0 Å². The Morgan fingerprint density at radius 3 is 2.46 bits per heavy atom. The second-order valence-corrected chi connectivity index (χ2v) is 7.49. The first-order valence-corrected chi connectivity index (χ1v) is 8.86. The van der Waals surface area contributed by atoms with Crippen LogP contribution in [0, 0.1) is 6.92 Å². The van der Waals surface area contributed by atoms with E-state index in [1.807, 2.05) is 58.2 Å². The van der Waals surface area contributed by atoms with Crippen molar-refractivity contribution in [3.63, 3.8) is 0 Å². The van der Waals surface area contributed by atoms with Crippen LogP contribution in [0.3, 0.4) is 0 Å². The molecule has 26 heavy (non-hydrogen) atoms. The molecule has 0 saturated carbocycles. The Labute approximate surface area is 154 Å². The van der Waals surface area contributed by atoms with E-state index in [9.17, 15) is 9.59 Å². The van der Waals surface area contributed by atoms with Crippen molar-refractivity contribution >= 4 is 11.6 Å². The SMILES string of the molecule is Cc1nc(C(C)(C)C)[nH]c(=O)c1C(=O)NCCCN(C)c1ccccc1. The van der Waals surface area contributed by atoms with Gasteiger partial charge < -0.3 is 15.2 Å². The first-order valence-electron chi connectivity index (χ1n) is 8.86. The number of aryl methyl sites for hydroxylation is 1. The number of amides is 1. The van der Waals surface area contributed by atoms with Crippen molar-refractivity contribution in [1.29, 1.82) is 0 Å². The van der Waals surface area contributed by atoms with Crippen molar-refractivity contribution in [2.75, 3.05) is 25.0 Å². The zero-order chi connectivity index (χ0) is 19.3. The van der Waals surface area contributed by atoms with E-state index >= 15 is 0 Å². The summed E-state index contributed by atoms with van der Waals surface area (Å²) >= 11 is 0. The standard InChI is InChI=1S/C20H28N4O2/c1-14-16(18(26)23-19(22-14)20(2,3)4)17(25)21-12-9-13-24(5)15-10-7-6-8-11-15/h6-8,10-11H,9,12-13H2,1-5H3,(H,21,25)(H,22,23,26). The molecule has 6 nitrogen and oxygen atoms in total. The summed E-state index contributed by atoms with van der Waals surface area (Å²) in [5, 5.41) is 2.82. The molecule has 6 heteroatoms. The first kappa shape index (κ1) is 19.7. The van der Waals surface area contributed by atoms with Crippen LogP contribution in [-0.2, 0) is 5.41 Å². The van der Waals surface area contributed by atoms with Crippen LogP contribution in [0.15, 0.2) is 35.1 Å². The fraction of sp³-hybridized carbons (Fsp3) is 0.450. The normalized spacial score (nSPS) is 11.3. The molecule has 0 aliphatic rings. The smallest absolute Gasteiger partial charge is 0.264 e. The summed E-state index contributed by atoms with van der Waals surface area (Å²) in [5.41, 5.74) is 1.02. The van der Waals surface area contributed by atoms with Crippen molar-refractivity contribution < 1.29 is 4.79 Å². The van der Waals surface area contributed by atoms with Gasteiger partial charge in [0.15, 0.2) is 0 Å². The van der Waals surface area contributed by atoms with Gasteiger partial charge >= 0.3 is 0 Å². The molecule has 0 spiro atoms. The average molecular weight is 356 g/mol. The van der Waals surface area contributed by atoms with Gasteiger partial charge in [-0.25, -0.2) is 4.98 Å². The predicted octanol–water partition coefficient (Wildman–Crippen LogP) is 2.63. The molecule has 1 amide bonds. The van der Waals surface area contributed by atoms with Crippen LogP contribution in [0.25, 0.3) is 0 Å². The van der Waals surface area contributed by atoms with Gasteiger partial charge in [-0.3, -0.25) is 9.59 Å². The Balaban J connectivity index is 1.93. The van der Waals surface area contributed by atoms with Crippen LogP contribution in [0.1, 0.15) is 49.1 Å². The number of carbonyl (C=O) groups is 1. The highest BCUT2D eigenvalue weighted by atomic mass is 16.2. The third-order valence-electron chi connectivity index (χ3n) is 4.19. The molecule has 0 aliphatic heterocycles. The summed E-state index contributed by atoms with van der Waals surface area (Å²) < 4.78 is 0. The number of H-pyrrole nitrogens is 1. The van der Waals surface area contributed by atoms with E-state index in [2.05, 4.69) is 20.2 Å². The molecule has 0 atom stereocenters. The van der Waals surface area contributed by atoms with E-state index in [1.54, 1.807) is 6.92 Å². The summed E-state index contributed by atoms with van der Waals surface area (Å²) in [6.07, 6.45) is 0.779. The number of nitrogens with one attached hydrogen (secondary N) is 2. The van der Waals surface area contributed by atoms with Crippen LogP contribution in [0.4, 0.5) is 5.69 Å². The van der Waals surface area contributed by atoms with Crippen molar-refractivity contribution in [3.8, 4) is 0 Å². The quantitative estimate of drug-likeness (QED) is 0.780. The van der Waals surface area contributed by atoms with E-state index in [0.29, 0.717) is 18.1 Å². The second-order valence-electron chi connectivity index (χ2n) is 7.49. The Hall–Kier alpha value is -2.63. The van der Waals surface area contributed by atoms with Gasteiger partial charge in [0, 0.05) is 31.2 Å². The lowest BCUT2D eigenvalue weighted by Gasteiger charge is -2.19. The fourth-order valence-corrected chi connectivity index (χ4v) is 2.63. The third kappa shape index (κ3) is 4.94. The molecule has 0 radical (unpaired) electrons. The summed E-state index contributed by atoms with van der Waals surface area (Å²) in [4.78, 5) is 33.9. The molecule has 2 rings (SSSR count). The van der Waals surface area contributed by atoms with E-state index in [-0.39, 0.29) is 22.4 Å². The highest BCUT2D eigenvalue weighted by Gasteiger charge is 2.21. The number of anilines is 1. The predicted molar refractivity (Wildman–Crippen MR) is 105 cm³/mol. The van der Waals surface area contributed by atoms with Gasteiger partial charge in [-0.1, -0.05) is 39.0 Å². The zero-order valence-electron chi connectivity index (χ0n) is 16.2. The monoisotopic (exact) mass is 356 g/mol. The molecule has 0 bridgehead atoms. The van der Waals surface area contributed by atoms with Gasteiger partial charge in [-0.2, -0.15) is 0 Å². The molecule has 1 aromatic heterocycles. The highest BCUT2D eigenvalue weighted by molar-refractivity contribution is 5.94. The third-order valence-corrected chi connectivity index (χ3v) is 4.19. The number of para-hydroxylation sites is 1. The van der Waals surface area contributed by atoms with Crippen molar-refractivity contribution in [2.24, 2.45) is 0 Å². The number of nitrogens with zero attached hydrogens (tertiary/aromatic N) is 2. The van der Waals surface area contributed by atoms with Crippen molar-refractivity contribution in [2.45, 2.75) is 39.5 Å². The maximum Gasteiger partial charge on any atom is 0.264 e. The number of aromatic amines is 1. The zero-order valence-corrected chi connectivity index (χ0v) is 16.2. The average Bonchev–Trinajstić information content (AvgIpc) is 2.58. The number of aromatic nitrogens is 2. The van der Waals surface area contributed by atoms with Crippen LogP contribution in [0.5, 0.6) is 0 Å². The molecule has 1 heterocycles. The summed E-state index contributed by atoms with van der Waals surface area (Å²) in [5.74, 6) is 0.208. The van der Waals surface area contributed by atoms with E-state index in [0.717, 1.165) is 18.7 Å². The lowest BCUT2D eigenvalue weighted by atomic mass is 9.95. The molecule has 2 N–H and O–H groups in total. The highest BCUT2D eigenvalue weighted by Crippen LogP contribution is 2.17. The molecule has 0 fully saturated rings. The molecular weight excluding hydrogens is 328 g/mol. The van der Waals surface area contributed by atoms with Gasteiger partial charge in [0.1, 0.15) is 11.4 Å². The number of carbonyl (C=O) groups excluding carboxylic acids is 1. The Morgan fingerprint density at radius 1 is 1.23 bits per heavy atom. The summed E-state index contributed by atoms with van der Waals surface area (Å²) in [6, 6.07) is 10.1. The van der Waals surface area contributed by atoms with Crippen molar-refractivity contribution in [1.82, 2.24) is 15.3 Å². The Kier molecular flexibility index (Phi) is 6.18. The summed E-state index contributed by atoms with van der Waals surface area (Å²) in [7, 11) is 2.02. The van der Waals surface area contributed by atoms with E-state index < -0.39 is 0 Å². The topological polar surface area (TPSA) is 78.1 Å². The Morgan fingerprint density at radius 2 is 1.88 bits per heavy atom. The van der Waals surface area contributed by atoms with Crippen LogP contribution in [-0.4, -0.2) is 36.0 Å². The maximum absolute atomic E-state index is 12.4. The van der Waals surface area contributed by atoms with Crippen molar-refractivity contribution in [3.05, 3.63) is 57.8 Å². The largest absolute Gasteiger partial charge is 0.375 e. The molecule has 140 valence electrons. The molecule has 0 saturated heterocycles. The Bertz CT molecular complexity index is 807. The first-order chi connectivity index (χ1) is 12.2. The van der Waals surface area contributed by atoms with E-state index in [1.165, 1.54) is 0 Å². The lowest BCUT2D eigenvalue weighted by Crippen LogP contribution is -2.35. The number of rotatable bonds is 6. The van der Waals surface area contributed by atoms with Crippen LogP contribution in [0.2, 0.25) is 0 Å². The van der Waals surface area contributed by atoms with Gasteiger partial charge in [-0.15, -0.1) is 0 Å². The molecular formula is C20H28N4O2. The molecule has 2 aromatic rings. The van der Waals surface area contributed by atoms with Gasteiger partial charge in [0.25, 0.3) is 11.5 Å². The number of hydrogen-bond donors (Lipinski definition) is 2. The van der Waals surface area contributed by atoms with Gasteiger partial charge in [-0.05, 0) is 25.5 Å². The molecule has 0 unspecified atom stereocenters. The maximum atomic E-state index is 12.4. The van der Waals surface area contributed by atoms with E-state index in [4.69, 9.17) is 0 Å². The minimum absolute atomic E-state index is 0.0920. The lowest BCUT2D eigenvalue weighted by molar-refractivity contribution is 0.0950. The number of hydrogen-bond acceptors (Lipinski definition) is 4. The molecule has 1 aromatic carbocycles. The molecule has 0 aliphatic carbocycles. The second kappa shape index (κ2) is 8.17.